The van der Waals surface area contributed by atoms with Gasteiger partial charge < -0.3 is 15.8 Å². The number of carbonyl (C=O) groups excluding carboxylic acids is 1. The van der Waals surface area contributed by atoms with Crippen LogP contribution in [-0.2, 0) is 6.54 Å². The van der Waals surface area contributed by atoms with E-state index >= 15 is 0 Å². The summed E-state index contributed by atoms with van der Waals surface area (Å²) in [5.74, 6) is -0.256. The molecule has 0 radical (unpaired) electrons. The van der Waals surface area contributed by atoms with Crippen molar-refractivity contribution in [2.75, 3.05) is 5.73 Å². The highest BCUT2D eigenvalue weighted by molar-refractivity contribution is 6.32. The lowest BCUT2D eigenvalue weighted by molar-refractivity contribution is 0.0950. The van der Waals surface area contributed by atoms with Crippen LogP contribution in [-0.4, -0.2) is 10.9 Å². The molecule has 3 N–H and O–H groups in total. The van der Waals surface area contributed by atoms with E-state index in [2.05, 4.69) is 10.3 Å². The number of nitrogens with two attached hydrogens (primary N) is 1. The molecule has 0 unspecified atom stereocenters. The molecule has 5 nitrogen and oxygen atoms in total. The number of nitrogens with one attached hydrogen (secondary N) is 1. The van der Waals surface area contributed by atoms with E-state index in [0.29, 0.717) is 5.75 Å². The fraction of sp³-hybridized carbons (Fsp3) is 0.0526. The Kier molecular flexibility index (Phi) is 5.34. The third-order valence-electron chi connectivity index (χ3n) is 3.56. The van der Waals surface area contributed by atoms with Crippen molar-refractivity contribution in [2.45, 2.75) is 6.54 Å². The normalized spacial score (nSPS) is 10.4. The molecule has 0 saturated heterocycles. The van der Waals surface area contributed by atoms with E-state index in [1.165, 1.54) is 0 Å². The first-order valence-corrected chi connectivity index (χ1v) is 8.12. The van der Waals surface area contributed by atoms with Crippen molar-refractivity contribution in [3.63, 3.8) is 0 Å². The van der Waals surface area contributed by atoms with Gasteiger partial charge in [-0.2, -0.15) is 0 Å². The summed E-state index contributed by atoms with van der Waals surface area (Å²) in [5, 5.41) is 2.51. The van der Waals surface area contributed by atoms with Gasteiger partial charge in [-0.05, 0) is 35.9 Å². The van der Waals surface area contributed by atoms with Crippen LogP contribution in [0.15, 0.2) is 60.7 Å². The number of pyridine rings is 1. The predicted molar refractivity (Wildman–Crippen MR) is 97.7 cm³/mol. The van der Waals surface area contributed by atoms with Gasteiger partial charge in [0.25, 0.3) is 5.91 Å². The lowest BCUT2D eigenvalue weighted by Gasteiger charge is -2.09. The number of amides is 1. The Morgan fingerprint density at radius 2 is 1.77 bits per heavy atom. The Bertz CT molecular complexity index is 918. The zero-order valence-corrected chi connectivity index (χ0v) is 14.3. The number of benzene rings is 2. The van der Waals surface area contributed by atoms with Crippen LogP contribution in [0.2, 0.25) is 5.15 Å². The van der Waals surface area contributed by atoms with Gasteiger partial charge in [-0.25, -0.2) is 9.37 Å². The third kappa shape index (κ3) is 4.29. The van der Waals surface area contributed by atoms with E-state index < -0.39 is 11.7 Å². The van der Waals surface area contributed by atoms with Gasteiger partial charge in [0, 0.05) is 6.54 Å². The molecule has 0 fully saturated rings. The van der Waals surface area contributed by atoms with Gasteiger partial charge in [-0.1, -0.05) is 41.9 Å². The highest BCUT2D eigenvalue weighted by Gasteiger charge is 2.15. The quantitative estimate of drug-likeness (QED) is 0.659. The first kappa shape index (κ1) is 17.7. The number of para-hydroxylation sites is 1. The van der Waals surface area contributed by atoms with Crippen molar-refractivity contribution in [2.24, 2.45) is 0 Å². The van der Waals surface area contributed by atoms with Crippen LogP contribution >= 0.6 is 11.6 Å². The van der Waals surface area contributed by atoms with Gasteiger partial charge in [0.15, 0.2) is 11.6 Å². The number of aromatic nitrogens is 1. The molecule has 26 heavy (non-hydrogen) atoms. The maximum absolute atomic E-state index is 13.5. The Labute approximate surface area is 154 Å². The first-order valence-electron chi connectivity index (χ1n) is 7.74. The molecule has 0 aliphatic carbocycles. The third-order valence-corrected chi connectivity index (χ3v) is 3.84. The SMILES string of the molecule is Nc1nc(Cl)c(C(=O)NCc2ccc(Oc3ccccc3)cc2)cc1F. The van der Waals surface area contributed by atoms with Crippen molar-refractivity contribution < 1.29 is 13.9 Å². The lowest BCUT2D eigenvalue weighted by Crippen LogP contribution is -2.23. The van der Waals surface area contributed by atoms with Crippen LogP contribution in [0.25, 0.3) is 0 Å². The molecule has 3 rings (SSSR count). The number of rotatable bonds is 5. The fourth-order valence-corrected chi connectivity index (χ4v) is 2.45. The van der Waals surface area contributed by atoms with Crippen LogP contribution in [0.1, 0.15) is 15.9 Å². The van der Waals surface area contributed by atoms with Crippen LogP contribution in [0.3, 0.4) is 0 Å². The van der Waals surface area contributed by atoms with E-state index in [9.17, 15) is 9.18 Å². The monoisotopic (exact) mass is 371 g/mol. The summed E-state index contributed by atoms with van der Waals surface area (Å²) in [5.41, 5.74) is 6.09. The van der Waals surface area contributed by atoms with Gasteiger partial charge in [-0.15, -0.1) is 0 Å². The van der Waals surface area contributed by atoms with Crippen molar-refractivity contribution in [1.29, 1.82) is 0 Å². The van der Waals surface area contributed by atoms with Crippen LogP contribution in [0, 0.1) is 5.82 Å². The van der Waals surface area contributed by atoms with E-state index in [0.717, 1.165) is 17.4 Å². The number of carbonyl (C=O) groups is 1. The molecular weight excluding hydrogens is 357 g/mol. The first-order chi connectivity index (χ1) is 12.5. The number of halogens is 2. The smallest absolute Gasteiger partial charge is 0.254 e. The maximum atomic E-state index is 13.5. The Morgan fingerprint density at radius 3 is 2.46 bits per heavy atom. The summed E-state index contributed by atoms with van der Waals surface area (Å²) >= 11 is 5.84. The number of hydrogen-bond acceptors (Lipinski definition) is 4. The number of anilines is 1. The van der Waals surface area contributed by atoms with E-state index in [1.54, 1.807) is 12.1 Å². The number of hydrogen-bond donors (Lipinski definition) is 2. The number of nitrogen functional groups attached to an aromatic ring is 1. The second-order valence-corrected chi connectivity index (χ2v) is 5.79. The highest BCUT2D eigenvalue weighted by atomic mass is 35.5. The minimum atomic E-state index is -0.790. The molecule has 1 aromatic heterocycles. The van der Waals surface area contributed by atoms with E-state index in [-0.39, 0.29) is 23.1 Å². The van der Waals surface area contributed by atoms with Crippen LogP contribution < -0.4 is 15.8 Å². The predicted octanol–water partition coefficient (Wildman–Crippen LogP) is 4.18. The summed E-state index contributed by atoms with van der Waals surface area (Å²) in [7, 11) is 0. The Hall–Kier alpha value is -3.12. The Morgan fingerprint density at radius 1 is 1.12 bits per heavy atom. The molecule has 132 valence electrons. The van der Waals surface area contributed by atoms with Crippen molar-refractivity contribution in [1.82, 2.24) is 10.3 Å². The van der Waals surface area contributed by atoms with Crippen molar-refractivity contribution in [3.05, 3.63) is 82.8 Å². The molecule has 0 aliphatic rings. The lowest BCUT2D eigenvalue weighted by atomic mass is 10.2. The molecule has 0 spiro atoms. The average Bonchev–Trinajstić information content (AvgIpc) is 2.65. The largest absolute Gasteiger partial charge is 0.457 e. The summed E-state index contributed by atoms with van der Waals surface area (Å²) in [6.07, 6.45) is 0. The Balaban J connectivity index is 1.61. The fourth-order valence-electron chi connectivity index (χ4n) is 2.22. The zero-order valence-electron chi connectivity index (χ0n) is 13.6. The molecule has 0 atom stereocenters. The van der Waals surface area contributed by atoms with Gasteiger partial charge in [0.1, 0.15) is 16.7 Å². The van der Waals surface area contributed by atoms with Crippen LogP contribution in [0.4, 0.5) is 10.2 Å². The molecule has 1 heterocycles. The maximum Gasteiger partial charge on any atom is 0.254 e. The van der Waals surface area contributed by atoms with E-state index in [4.69, 9.17) is 22.1 Å². The summed E-state index contributed by atoms with van der Waals surface area (Å²) in [4.78, 5) is 15.7. The minimum Gasteiger partial charge on any atom is -0.457 e. The summed E-state index contributed by atoms with van der Waals surface area (Å²) < 4.78 is 19.2. The van der Waals surface area contributed by atoms with Gasteiger partial charge >= 0.3 is 0 Å². The molecule has 1 amide bonds. The molecule has 0 aliphatic heterocycles. The highest BCUT2D eigenvalue weighted by Crippen LogP contribution is 2.21. The number of nitrogens with zero attached hydrogens (tertiary/aromatic N) is 1. The minimum absolute atomic E-state index is 0.0672. The van der Waals surface area contributed by atoms with Gasteiger partial charge in [0.2, 0.25) is 0 Å². The molecule has 0 saturated carbocycles. The van der Waals surface area contributed by atoms with Gasteiger partial charge in [-0.3, -0.25) is 4.79 Å². The van der Waals surface area contributed by atoms with E-state index in [1.807, 2.05) is 42.5 Å². The number of ether oxygens (including phenoxy) is 1. The molecule has 7 heteroatoms. The second-order valence-electron chi connectivity index (χ2n) is 5.44. The second kappa shape index (κ2) is 7.84. The molecule has 0 bridgehead atoms. The average molecular weight is 372 g/mol. The summed E-state index contributed by atoms with van der Waals surface area (Å²) in [6.45, 7) is 0.243. The molecule has 3 aromatic rings. The van der Waals surface area contributed by atoms with Crippen molar-refractivity contribution >= 4 is 23.3 Å². The summed E-state index contributed by atoms with van der Waals surface area (Å²) in [6, 6.07) is 17.6. The van der Waals surface area contributed by atoms with Crippen LogP contribution in [0.5, 0.6) is 11.5 Å². The molecular formula is C19H15ClFN3O2. The zero-order chi connectivity index (χ0) is 18.5. The van der Waals surface area contributed by atoms with Gasteiger partial charge in [0.05, 0.1) is 5.56 Å². The van der Waals surface area contributed by atoms with Crippen molar-refractivity contribution in [3.8, 4) is 11.5 Å². The topological polar surface area (TPSA) is 77.2 Å². The molecule has 2 aromatic carbocycles. The standard InChI is InChI=1S/C19H15ClFN3O2/c20-17-15(10-16(21)18(22)24-17)19(25)23-11-12-6-8-14(9-7-12)26-13-4-2-1-3-5-13/h1-10H,11H2,(H2,22,24)(H,23,25).